The summed E-state index contributed by atoms with van der Waals surface area (Å²) in [5.74, 6) is 0.424. The van der Waals surface area contributed by atoms with Crippen LogP contribution >= 0.6 is 11.3 Å². The molecule has 0 aromatic carbocycles. The second kappa shape index (κ2) is 5.49. The molecule has 0 bridgehead atoms. The van der Waals surface area contributed by atoms with Crippen molar-refractivity contribution in [3.63, 3.8) is 0 Å². The molecular formula is C11H11N5O2S. The summed E-state index contributed by atoms with van der Waals surface area (Å²) in [6.45, 7) is 1.94. The molecule has 0 spiro atoms. The monoisotopic (exact) mass is 277 g/mol. The van der Waals surface area contributed by atoms with Gasteiger partial charge in [0.2, 0.25) is 6.39 Å². The molecule has 0 unspecified atom stereocenters. The molecule has 0 fully saturated rings. The number of rotatable bonds is 5. The summed E-state index contributed by atoms with van der Waals surface area (Å²) in [5, 5.41) is 16.4. The Hall–Kier alpha value is -2.40. The van der Waals surface area contributed by atoms with Crippen LogP contribution in [0, 0.1) is 11.3 Å². The van der Waals surface area contributed by atoms with E-state index < -0.39 is 0 Å². The van der Waals surface area contributed by atoms with Crippen LogP contribution in [0.25, 0.3) is 0 Å². The number of aromatic nitrogens is 2. The molecule has 0 saturated carbocycles. The summed E-state index contributed by atoms with van der Waals surface area (Å²) < 4.78 is 4.61. The predicted octanol–water partition coefficient (Wildman–Crippen LogP) is 1.44. The van der Waals surface area contributed by atoms with Crippen molar-refractivity contribution >= 4 is 27.8 Å². The Labute approximate surface area is 113 Å². The Morgan fingerprint density at radius 3 is 3.05 bits per heavy atom. The molecule has 3 N–H and O–H groups in total. The smallest absolute Gasteiger partial charge is 0.213 e. The fourth-order valence-electron chi connectivity index (χ4n) is 1.53. The Morgan fingerprint density at radius 2 is 2.47 bits per heavy atom. The van der Waals surface area contributed by atoms with E-state index in [9.17, 15) is 4.79 Å². The van der Waals surface area contributed by atoms with Crippen molar-refractivity contribution in [2.45, 2.75) is 13.3 Å². The van der Waals surface area contributed by atoms with E-state index in [2.05, 4.69) is 20.0 Å². The molecule has 2 heterocycles. The van der Waals surface area contributed by atoms with E-state index in [1.54, 1.807) is 0 Å². The van der Waals surface area contributed by atoms with Crippen molar-refractivity contribution in [2.75, 3.05) is 17.6 Å². The third kappa shape index (κ3) is 2.71. The van der Waals surface area contributed by atoms with Gasteiger partial charge in [-0.3, -0.25) is 4.79 Å². The fourth-order valence-corrected chi connectivity index (χ4v) is 2.52. The zero-order valence-electron chi connectivity index (χ0n) is 10.1. The maximum atomic E-state index is 11.4. The first-order chi connectivity index (χ1) is 9.13. The van der Waals surface area contributed by atoms with Gasteiger partial charge in [-0.2, -0.15) is 10.2 Å². The molecule has 7 nitrogen and oxygen atoms in total. The first-order valence-electron chi connectivity index (χ1n) is 5.46. The number of thiophene rings is 1. The third-order valence-corrected chi connectivity index (χ3v) is 3.68. The average molecular weight is 277 g/mol. The maximum Gasteiger partial charge on any atom is 0.213 e. The summed E-state index contributed by atoms with van der Waals surface area (Å²) in [7, 11) is 0. The zero-order valence-corrected chi connectivity index (χ0v) is 11.0. The average Bonchev–Trinajstić information content (AvgIpc) is 2.97. The van der Waals surface area contributed by atoms with Crippen LogP contribution in [0.4, 0.5) is 10.7 Å². The van der Waals surface area contributed by atoms with Gasteiger partial charge in [0, 0.05) is 19.9 Å². The minimum absolute atomic E-state index is 0.148. The van der Waals surface area contributed by atoms with Gasteiger partial charge >= 0.3 is 0 Å². The molecule has 19 heavy (non-hydrogen) atoms. The topological polar surface area (TPSA) is 118 Å². The Balaban J connectivity index is 2.10. The highest BCUT2D eigenvalue weighted by molar-refractivity contribution is 7.18. The van der Waals surface area contributed by atoms with Crippen LogP contribution in [0.5, 0.6) is 0 Å². The van der Waals surface area contributed by atoms with Gasteiger partial charge in [-0.05, 0) is 0 Å². The van der Waals surface area contributed by atoms with Crippen molar-refractivity contribution in [2.24, 2.45) is 0 Å². The lowest BCUT2D eigenvalue weighted by molar-refractivity contribution is 0.102. The molecule has 0 amide bonds. The quantitative estimate of drug-likeness (QED) is 0.794. The summed E-state index contributed by atoms with van der Waals surface area (Å²) >= 11 is 1.18. The number of carbonyl (C=O) groups is 1. The number of nitrogens with two attached hydrogens (primary N) is 1. The van der Waals surface area contributed by atoms with Crippen LogP contribution in [-0.4, -0.2) is 22.5 Å². The fraction of sp³-hybridized carbons (Fsp3) is 0.273. The second-order valence-corrected chi connectivity index (χ2v) is 4.76. The van der Waals surface area contributed by atoms with Gasteiger partial charge in [0.25, 0.3) is 0 Å². The molecule has 0 atom stereocenters. The van der Waals surface area contributed by atoms with Gasteiger partial charge in [-0.15, -0.1) is 11.3 Å². The first kappa shape index (κ1) is 13.0. The van der Waals surface area contributed by atoms with Crippen molar-refractivity contribution in [1.29, 1.82) is 5.26 Å². The van der Waals surface area contributed by atoms with Gasteiger partial charge in [0.1, 0.15) is 16.6 Å². The van der Waals surface area contributed by atoms with E-state index in [4.69, 9.17) is 11.0 Å². The number of nitrogen functional groups attached to an aromatic ring is 1. The molecule has 2 aromatic heterocycles. The minimum Gasteiger partial charge on any atom is -0.396 e. The van der Waals surface area contributed by atoms with Gasteiger partial charge in [-0.1, -0.05) is 5.16 Å². The molecule has 2 rings (SSSR count). The highest BCUT2D eigenvalue weighted by atomic mass is 32.1. The van der Waals surface area contributed by atoms with Gasteiger partial charge in [-0.25, -0.2) is 0 Å². The molecule has 0 aliphatic rings. The number of nitriles is 1. The number of carbonyl (C=O) groups excluding carboxylic acids is 1. The molecular weight excluding hydrogens is 266 g/mol. The Bertz CT molecular complexity index is 626. The SMILES string of the molecule is CC(=O)c1sc(NCCc2ncon2)c(C#N)c1N. The Morgan fingerprint density at radius 1 is 1.68 bits per heavy atom. The summed E-state index contributed by atoms with van der Waals surface area (Å²) in [6, 6.07) is 2.00. The number of ketones is 1. The van der Waals surface area contributed by atoms with Crippen LogP contribution in [0.15, 0.2) is 10.9 Å². The van der Waals surface area contributed by atoms with E-state index in [0.717, 1.165) is 0 Å². The van der Waals surface area contributed by atoms with Gasteiger partial charge < -0.3 is 15.6 Å². The summed E-state index contributed by atoms with van der Waals surface area (Å²) in [5.41, 5.74) is 6.32. The number of nitrogens with one attached hydrogen (secondary N) is 1. The first-order valence-corrected chi connectivity index (χ1v) is 6.27. The third-order valence-electron chi connectivity index (χ3n) is 2.42. The lowest BCUT2D eigenvalue weighted by Crippen LogP contribution is -2.05. The van der Waals surface area contributed by atoms with E-state index >= 15 is 0 Å². The lowest BCUT2D eigenvalue weighted by Gasteiger charge is -2.01. The molecule has 98 valence electrons. The van der Waals surface area contributed by atoms with Crippen molar-refractivity contribution in [3.8, 4) is 6.07 Å². The van der Waals surface area contributed by atoms with Crippen LogP contribution in [0.1, 0.15) is 28.0 Å². The summed E-state index contributed by atoms with van der Waals surface area (Å²) in [4.78, 5) is 15.7. The van der Waals surface area contributed by atoms with E-state index in [1.165, 1.54) is 24.7 Å². The van der Waals surface area contributed by atoms with Crippen molar-refractivity contribution in [3.05, 3.63) is 22.7 Å². The normalized spacial score (nSPS) is 10.1. The van der Waals surface area contributed by atoms with Crippen LogP contribution < -0.4 is 11.1 Å². The van der Waals surface area contributed by atoms with Crippen molar-refractivity contribution < 1.29 is 9.32 Å². The largest absolute Gasteiger partial charge is 0.396 e. The van der Waals surface area contributed by atoms with Crippen LogP contribution in [0.3, 0.4) is 0 Å². The minimum atomic E-state index is -0.148. The van der Waals surface area contributed by atoms with E-state index in [-0.39, 0.29) is 11.5 Å². The molecule has 8 heteroatoms. The number of hydrogen-bond donors (Lipinski definition) is 2. The highest BCUT2D eigenvalue weighted by Gasteiger charge is 2.18. The lowest BCUT2D eigenvalue weighted by atomic mass is 10.2. The zero-order chi connectivity index (χ0) is 13.8. The second-order valence-electron chi connectivity index (χ2n) is 3.74. The number of Topliss-reactive ketones (excluding diaryl/α,β-unsaturated/α-hetero) is 1. The number of anilines is 2. The molecule has 0 saturated heterocycles. The number of hydrogen-bond acceptors (Lipinski definition) is 8. The van der Waals surface area contributed by atoms with E-state index in [0.29, 0.717) is 34.2 Å². The van der Waals surface area contributed by atoms with Gasteiger partial charge in [0.05, 0.1) is 10.6 Å². The predicted molar refractivity (Wildman–Crippen MR) is 69.9 cm³/mol. The Kier molecular flexibility index (Phi) is 3.77. The van der Waals surface area contributed by atoms with Gasteiger partial charge in [0.15, 0.2) is 11.6 Å². The molecule has 0 aliphatic carbocycles. The maximum absolute atomic E-state index is 11.4. The standard InChI is InChI=1S/C11H11N5O2S/c1-6(17)10-9(13)7(4-12)11(19-10)14-3-2-8-15-5-18-16-8/h5,14H,2-3,13H2,1H3. The molecule has 0 radical (unpaired) electrons. The van der Waals surface area contributed by atoms with E-state index in [1.807, 2.05) is 6.07 Å². The van der Waals surface area contributed by atoms with Crippen LogP contribution in [0.2, 0.25) is 0 Å². The van der Waals surface area contributed by atoms with Crippen LogP contribution in [-0.2, 0) is 6.42 Å². The molecule has 2 aromatic rings. The molecule has 0 aliphatic heterocycles. The summed E-state index contributed by atoms with van der Waals surface area (Å²) in [6.07, 6.45) is 1.81. The van der Waals surface area contributed by atoms with Crippen molar-refractivity contribution in [1.82, 2.24) is 10.1 Å². The number of nitrogens with zero attached hydrogens (tertiary/aromatic N) is 3. The highest BCUT2D eigenvalue weighted by Crippen LogP contribution is 2.35.